The highest BCUT2D eigenvalue weighted by Gasteiger charge is 2.40. The highest BCUT2D eigenvalue weighted by atomic mass is 35.5. The highest BCUT2D eigenvalue weighted by molar-refractivity contribution is 5.85. The van der Waals surface area contributed by atoms with Crippen LogP contribution in [0.2, 0.25) is 0 Å². The van der Waals surface area contributed by atoms with Gasteiger partial charge in [0.15, 0.2) is 0 Å². The second-order valence-corrected chi connectivity index (χ2v) is 4.84. The Hall–Kier alpha value is -0.320. The fourth-order valence-electron chi connectivity index (χ4n) is 2.57. The Morgan fingerprint density at radius 1 is 1.28 bits per heavy atom. The van der Waals surface area contributed by atoms with Crippen molar-refractivity contribution >= 4 is 18.3 Å². The molecular weight excluding hydrogens is 252 g/mol. The molecule has 0 heterocycles. The van der Waals surface area contributed by atoms with Crippen molar-refractivity contribution in [2.75, 3.05) is 33.4 Å². The summed E-state index contributed by atoms with van der Waals surface area (Å²) in [6, 6.07) is 0. The number of halogens is 1. The van der Waals surface area contributed by atoms with Crippen LogP contribution in [0.25, 0.3) is 0 Å². The van der Waals surface area contributed by atoms with E-state index in [0.29, 0.717) is 6.61 Å². The molecule has 0 unspecified atom stereocenters. The lowest BCUT2D eigenvalue weighted by Crippen LogP contribution is -2.42. The van der Waals surface area contributed by atoms with E-state index in [1.165, 1.54) is 12.8 Å². The first-order valence-corrected chi connectivity index (χ1v) is 6.73. The fourth-order valence-corrected chi connectivity index (χ4v) is 2.57. The molecule has 1 amide bonds. The lowest BCUT2D eigenvalue weighted by atomic mass is 9.82. The maximum Gasteiger partial charge on any atom is 0.226 e. The molecule has 1 aliphatic rings. The van der Waals surface area contributed by atoms with E-state index in [9.17, 15) is 4.79 Å². The molecule has 0 aromatic carbocycles. The van der Waals surface area contributed by atoms with Crippen molar-refractivity contribution in [1.82, 2.24) is 10.6 Å². The van der Waals surface area contributed by atoms with Crippen LogP contribution in [-0.2, 0) is 9.53 Å². The average molecular weight is 279 g/mol. The van der Waals surface area contributed by atoms with Crippen molar-refractivity contribution < 1.29 is 9.53 Å². The van der Waals surface area contributed by atoms with Gasteiger partial charge in [-0.15, -0.1) is 12.4 Å². The first-order valence-electron chi connectivity index (χ1n) is 6.73. The van der Waals surface area contributed by atoms with E-state index in [0.717, 1.165) is 38.9 Å². The Morgan fingerprint density at radius 3 is 2.50 bits per heavy atom. The van der Waals surface area contributed by atoms with Crippen molar-refractivity contribution in [2.24, 2.45) is 5.41 Å². The maximum absolute atomic E-state index is 12.2. The van der Waals surface area contributed by atoms with Crippen molar-refractivity contribution in [1.29, 1.82) is 0 Å². The maximum atomic E-state index is 12.2. The van der Waals surface area contributed by atoms with Crippen molar-refractivity contribution in [3.63, 3.8) is 0 Å². The highest BCUT2D eigenvalue weighted by Crippen LogP contribution is 2.41. The van der Waals surface area contributed by atoms with Gasteiger partial charge in [0.05, 0.1) is 5.41 Å². The molecule has 1 fully saturated rings. The predicted octanol–water partition coefficient (Wildman–Crippen LogP) is 1.73. The van der Waals surface area contributed by atoms with Crippen molar-refractivity contribution in [3.8, 4) is 0 Å². The largest absolute Gasteiger partial charge is 0.385 e. The zero-order valence-corrected chi connectivity index (χ0v) is 12.4. The molecule has 108 valence electrons. The summed E-state index contributed by atoms with van der Waals surface area (Å²) in [6.45, 7) is 5.27. The molecule has 0 bridgehead atoms. The number of methoxy groups -OCH3 is 1. The number of hydrogen-bond acceptors (Lipinski definition) is 3. The molecular formula is C13H27ClN2O2. The second kappa shape index (κ2) is 9.59. The number of carbonyl (C=O) groups is 1. The summed E-state index contributed by atoms with van der Waals surface area (Å²) in [5, 5.41) is 6.26. The third kappa shape index (κ3) is 5.12. The number of hydrogen-bond donors (Lipinski definition) is 2. The normalized spacial score (nSPS) is 17.2. The van der Waals surface area contributed by atoms with Gasteiger partial charge in [-0.1, -0.05) is 19.8 Å². The summed E-state index contributed by atoms with van der Waals surface area (Å²) < 4.78 is 5.13. The molecule has 1 aliphatic carbocycles. The summed E-state index contributed by atoms with van der Waals surface area (Å²) >= 11 is 0. The van der Waals surface area contributed by atoms with E-state index in [2.05, 4.69) is 17.6 Å². The van der Waals surface area contributed by atoms with Crippen LogP contribution in [0.3, 0.4) is 0 Å². The van der Waals surface area contributed by atoms with Crippen LogP contribution < -0.4 is 10.6 Å². The third-order valence-electron chi connectivity index (χ3n) is 3.66. The first kappa shape index (κ1) is 17.7. The summed E-state index contributed by atoms with van der Waals surface area (Å²) in [5.74, 6) is 0.227. The van der Waals surface area contributed by atoms with Gasteiger partial charge < -0.3 is 15.4 Å². The van der Waals surface area contributed by atoms with Gasteiger partial charge >= 0.3 is 0 Å². The monoisotopic (exact) mass is 278 g/mol. The van der Waals surface area contributed by atoms with E-state index in [4.69, 9.17) is 4.74 Å². The zero-order valence-electron chi connectivity index (χ0n) is 11.6. The standard InChI is InChI=1S/C13H26N2O2.ClH/c1-3-14-9-10-15-12(16)13(8-11-17-2)6-4-5-7-13;/h14H,3-11H2,1-2H3,(H,15,16);1H. The Kier molecular flexibility index (Phi) is 9.42. The number of rotatable bonds is 8. The topological polar surface area (TPSA) is 50.4 Å². The summed E-state index contributed by atoms with van der Waals surface area (Å²) in [5.41, 5.74) is -0.151. The van der Waals surface area contributed by atoms with E-state index >= 15 is 0 Å². The van der Waals surface area contributed by atoms with Crippen LogP contribution in [0.4, 0.5) is 0 Å². The van der Waals surface area contributed by atoms with Gasteiger partial charge in [-0.25, -0.2) is 0 Å². The summed E-state index contributed by atoms with van der Waals surface area (Å²) in [6.07, 6.45) is 5.23. The molecule has 0 atom stereocenters. The summed E-state index contributed by atoms with van der Waals surface area (Å²) in [7, 11) is 1.70. The Labute approximate surface area is 117 Å². The SMILES string of the molecule is CCNCCNC(=O)C1(CCOC)CCCC1.Cl. The van der Waals surface area contributed by atoms with Gasteiger partial charge in [0.1, 0.15) is 0 Å². The minimum atomic E-state index is -0.151. The van der Waals surface area contributed by atoms with Crippen LogP contribution >= 0.6 is 12.4 Å². The number of nitrogens with one attached hydrogen (secondary N) is 2. The third-order valence-corrected chi connectivity index (χ3v) is 3.66. The van der Waals surface area contributed by atoms with Crippen molar-refractivity contribution in [2.45, 2.75) is 39.0 Å². The molecule has 2 N–H and O–H groups in total. The number of carbonyl (C=O) groups excluding carboxylic acids is 1. The van der Waals surface area contributed by atoms with E-state index < -0.39 is 0 Å². The van der Waals surface area contributed by atoms with Crippen molar-refractivity contribution in [3.05, 3.63) is 0 Å². The van der Waals surface area contributed by atoms with Gasteiger partial charge in [-0.3, -0.25) is 4.79 Å². The average Bonchev–Trinajstić information content (AvgIpc) is 2.82. The molecule has 4 nitrogen and oxygen atoms in total. The van der Waals surface area contributed by atoms with Gasteiger partial charge in [0.25, 0.3) is 0 Å². The predicted molar refractivity (Wildman–Crippen MR) is 76.2 cm³/mol. The molecule has 1 rings (SSSR count). The van der Waals surface area contributed by atoms with Crippen LogP contribution in [0.1, 0.15) is 39.0 Å². The van der Waals surface area contributed by atoms with Gasteiger partial charge in [-0.05, 0) is 25.8 Å². The lowest BCUT2D eigenvalue weighted by molar-refractivity contribution is -0.131. The zero-order chi connectivity index (χ0) is 12.6. The first-order chi connectivity index (χ1) is 8.25. The molecule has 1 saturated carbocycles. The Bertz CT molecular complexity index is 231. The minimum Gasteiger partial charge on any atom is -0.385 e. The van der Waals surface area contributed by atoms with E-state index in [-0.39, 0.29) is 23.7 Å². The van der Waals surface area contributed by atoms with Gasteiger partial charge in [0.2, 0.25) is 5.91 Å². The van der Waals surface area contributed by atoms with E-state index in [1.807, 2.05) is 0 Å². The van der Waals surface area contributed by atoms with Crippen LogP contribution in [0, 0.1) is 5.41 Å². The van der Waals surface area contributed by atoms with Crippen LogP contribution in [0.5, 0.6) is 0 Å². The van der Waals surface area contributed by atoms with E-state index in [1.54, 1.807) is 7.11 Å². The fraction of sp³-hybridized carbons (Fsp3) is 0.923. The molecule has 18 heavy (non-hydrogen) atoms. The Morgan fingerprint density at radius 2 is 1.94 bits per heavy atom. The molecule has 0 aromatic heterocycles. The summed E-state index contributed by atoms with van der Waals surface area (Å²) in [4.78, 5) is 12.2. The number of amides is 1. The molecule has 0 radical (unpaired) electrons. The van der Waals surface area contributed by atoms with Crippen LogP contribution in [0.15, 0.2) is 0 Å². The van der Waals surface area contributed by atoms with Crippen LogP contribution in [-0.4, -0.2) is 39.3 Å². The molecule has 0 aliphatic heterocycles. The molecule has 0 saturated heterocycles. The van der Waals surface area contributed by atoms with Gasteiger partial charge in [0, 0.05) is 26.8 Å². The van der Waals surface area contributed by atoms with Gasteiger partial charge in [-0.2, -0.15) is 0 Å². The smallest absolute Gasteiger partial charge is 0.226 e. The lowest BCUT2D eigenvalue weighted by Gasteiger charge is -2.27. The molecule has 0 aromatic rings. The Balaban J connectivity index is 0.00000289. The second-order valence-electron chi connectivity index (χ2n) is 4.84. The number of likely N-dealkylation sites (N-methyl/N-ethyl adjacent to an activating group) is 1. The quantitative estimate of drug-likeness (QED) is 0.665. The molecule has 0 spiro atoms. The number of ether oxygens (including phenoxy) is 1. The minimum absolute atomic E-state index is 0. The molecule has 5 heteroatoms.